The van der Waals surface area contributed by atoms with Crippen LogP contribution in [0, 0.1) is 0 Å². The van der Waals surface area contributed by atoms with Crippen molar-refractivity contribution in [2.24, 2.45) is 0 Å². The van der Waals surface area contributed by atoms with E-state index in [4.69, 9.17) is 9.47 Å². The van der Waals surface area contributed by atoms with Crippen LogP contribution in [0.3, 0.4) is 0 Å². The SMILES string of the molecule is COC(=O)C1=C(Nc2cc(C(F)(F)F)ccc2NCCNC(=O)OC(C)(C)C)C(=O)N(CCO)C1. The van der Waals surface area contributed by atoms with Gasteiger partial charge in [0.1, 0.15) is 11.3 Å². The Morgan fingerprint density at radius 1 is 1.14 bits per heavy atom. The molecule has 0 saturated carbocycles. The molecule has 0 aliphatic carbocycles. The van der Waals surface area contributed by atoms with E-state index in [0.29, 0.717) is 0 Å². The third-order valence-corrected chi connectivity index (χ3v) is 4.67. The summed E-state index contributed by atoms with van der Waals surface area (Å²) in [6, 6.07) is 2.83. The third-order valence-electron chi connectivity index (χ3n) is 4.67. The standard InChI is InChI=1S/C22H29F3N4O6/c1-21(2,3)35-20(33)27-8-7-26-15-6-5-13(22(23,24)25)11-16(15)28-17-14(19(32)34-4)12-29(9-10-30)18(17)31/h5-6,11,26,28,30H,7-10,12H2,1-4H3,(H,27,33). The number of hydrogen-bond acceptors (Lipinski definition) is 8. The van der Waals surface area contributed by atoms with Crippen LogP contribution in [0.15, 0.2) is 29.5 Å². The lowest BCUT2D eigenvalue weighted by Gasteiger charge is -2.20. The number of alkyl carbamates (subject to hydrolysis) is 1. The first-order valence-electron chi connectivity index (χ1n) is 10.7. The zero-order valence-electron chi connectivity index (χ0n) is 19.8. The molecule has 1 aliphatic heterocycles. The number of methoxy groups -OCH3 is 1. The maximum absolute atomic E-state index is 13.3. The number of aliphatic hydroxyl groups excluding tert-OH is 1. The number of alkyl halides is 3. The fourth-order valence-electron chi connectivity index (χ4n) is 3.14. The number of β-amino-alcohol motifs (C(OH)–C–C–N with tert-alkyl or cyclic N) is 1. The van der Waals surface area contributed by atoms with E-state index in [0.717, 1.165) is 19.2 Å². The average molecular weight is 502 g/mol. The molecule has 0 bridgehead atoms. The van der Waals surface area contributed by atoms with E-state index >= 15 is 0 Å². The maximum Gasteiger partial charge on any atom is 0.416 e. The lowest BCUT2D eigenvalue weighted by Crippen LogP contribution is -2.35. The highest BCUT2D eigenvalue weighted by Gasteiger charge is 2.36. The van der Waals surface area contributed by atoms with Gasteiger partial charge in [0.05, 0.1) is 42.8 Å². The Bertz CT molecular complexity index is 988. The van der Waals surface area contributed by atoms with Crippen molar-refractivity contribution >= 4 is 29.3 Å². The minimum absolute atomic E-state index is 0.0749. The van der Waals surface area contributed by atoms with Gasteiger partial charge in [-0.2, -0.15) is 13.2 Å². The van der Waals surface area contributed by atoms with Gasteiger partial charge in [0.25, 0.3) is 5.91 Å². The van der Waals surface area contributed by atoms with Crippen molar-refractivity contribution in [1.29, 1.82) is 0 Å². The van der Waals surface area contributed by atoms with E-state index in [-0.39, 0.29) is 55.4 Å². The molecule has 0 spiro atoms. The molecule has 0 aromatic heterocycles. The van der Waals surface area contributed by atoms with Crippen molar-refractivity contribution in [2.45, 2.75) is 32.5 Å². The molecule has 1 heterocycles. The number of rotatable bonds is 9. The summed E-state index contributed by atoms with van der Waals surface area (Å²) in [5, 5.41) is 17.2. The number of aliphatic hydroxyl groups is 1. The fraction of sp³-hybridized carbons (Fsp3) is 0.500. The summed E-state index contributed by atoms with van der Waals surface area (Å²) in [5.41, 5.74) is -1.93. The van der Waals surface area contributed by atoms with Crippen molar-refractivity contribution in [2.75, 3.05) is 50.5 Å². The molecule has 0 atom stereocenters. The molecule has 0 radical (unpaired) electrons. The topological polar surface area (TPSA) is 129 Å². The second-order valence-electron chi connectivity index (χ2n) is 8.53. The first-order valence-corrected chi connectivity index (χ1v) is 10.7. The molecule has 13 heteroatoms. The molecule has 10 nitrogen and oxygen atoms in total. The molecule has 0 unspecified atom stereocenters. The number of amides is 2. The van der Waals surface area contributed by atoms with Crippen LogP contribution in [0.4, 0.5) is 29.3 Å². The molecule has 35 heavy (non-hydrogen) atoms. The van der Waals surface area contributed by atoms with Crippen LogP contribution in [0.5, 0.6) is 0 Å². The molecule has 0 saturated heterocycles. The van der Waals surface area contributed by atoms with Gasteiger partial charge in [-0.15, -0.1) is 0 Å². The molecule has 0 fully saturated rings. The van der Waals surface area contributed by atoms with Gasteiger partial charge in [-0.1, -0.05) is 0 Å². The number of benzene rings is 1. The molecule has 1 aromatic carbocycles. The lowest BCUT2D eigenvalue weighted by molar-refractivity contribution is -0.138. The van der Waals surface area contributed by atoms with Gasteiger partial charge in [0.15, 0.2) is 0 Å². The predicted octanol–water partition coefficient (Wildman–Crippen LogP) is 2.32. The number of anilines is 2. The van der Waals surface area contributed by atoms with Gasteiger partial charge in [0.2, 0.25) is 0 Å². The Morgan fingerprint density at radius 3 is 2.40 bits per heavy atom. The Kier molecular flexibility index (Phi) is 8.96. The first-order chi connectivity index (χ1) is 16.3. The molecule has 2 rings (SSSR count). The van der Waals surface area contributed by atoms with E-state index in [1.54, 1.807) is 20.8 Å². The Morgan fingerprint density at radius 2 is 1.83 bits per heavy atom. The normalized spacial score (nSPS) is 14.2. The van der Waals surface area contributed by atoms with Gasteiger partial charge in [0, 0.05) is 19.6 Å². The van der Waals surface area contributed by atoms with E-state index in [2.05, 4.69) is 16.0 Å². The zero-order valence-corrected chi connectivity index (χ0v) is 19.8. The summed E-state index contributed by atoms with van der Waals surface area (Å²) in [4.78, 5) is 37.9. The second-order valence-corrected chi connectivity index (χ2v) is 8.53. The zero-order chi connectivity index (χ0) is 26.4. The highest BCUT2D eigenvalue weighted by Crippen LogP contribution is 2.35. The predicted molar refractivity (Wildman–Crippen MR) is 121 cm³/mol. The van der Waals surface area contributed by atoms with Crippen LogP contribution < -0.4 is 16.0 Å². The number of esters is 1. The van der Waals surface area contributed by atoms with Gasteiger partial charge < -0.3 is 35.4 Å². The smallest absolute Gasteiger partial charge is 0.416 e. The molecule has 1 aromatic rings. The lowest BCUT2D eigenvalue weighted by atomic mass is 10.1. The minimum atomic E-state index is -4.66. The number of halogens is 3. The van der Waals surface area contributed by atoms with Crippen LogP contribution in [-0.2, 0) is 25.2 Å². The van der Waals surface area contributed by atoms with Gasteiger partial charge in [-0.3, -0.25) is 4.79 Å². The Labute approximate surface area is 200 Å². The summed E-state index contributed by atoms with van der Waals surface area (Å²) in [7, 11) is 1.11. The van der Waals surface area contributed by atoms with Crippen molar-refractivity contribution in [3.63, 3.8) is 0 Å². The maximum atomic E-state index is 13.3. The van der Waals surface area contributed by atoms with E-state index in [1.807, 2.05) is 0 Å². The number of nitrogens with zero attached hydrogens (tertiary/aromatic N) is 1. The summed E-state index contributed by atoms with van der Waals surface area (Å²) >= 11 is 0. The van der Waals surface area contributed by atoms with Crippen LogP contribution >= 0.6 is 0 Å². The average Bonchev–Trinajstić information content (AvgIpc) is 3.05. The second kappa shape index (κ2) is 11.3. The van der Waals surface area contributed by atoms with Gasteiger partial charge in [-0.25, -0.2) is 9.59 Å². The van der Waals surface area contributed by atoms with Crippen LogP contribution in [0.25, 0.3) is 0 Å². The number of ether oxygens (including phenoxy) is 2. The van der Waals surface area contributed by atoms with Crippen LogP contribution in [-0.4, -0.2) is 73.5 Å². The summed E-state index contributed by atoms with van der Waals surface area (Å²) in [6.45, 7) is 4.71. The summed E-state index contributed by atoms with van der Waals surface area (Å²) in [6.07, 6.45) is -5.31. The number of nitrogens with one attached hydrogen (secondary N) is 3. The summed E-state index contributed by atoms with van der Waals surface area (Å²) in [5.74, 6) is -1.50. The number of hydrogen-bond donors (Lipinski definition) is 4. The highest BCUT2D eigenvalue weighted by atomic mass is 19.4. The molecular weight excluding hydrogens is 473 g/mol. The quantitative estimate of drug-likeness (QED) is 0.299. The van der Waals surface area contributed by atoms with E-state index < -0.39 is 35.3 Å². The molecule has 2 amide bonds. The molecule has 4 N–H and O–H groups in total. The van der Waals surface area contributed by atoms with Crippen molar-refractivity contribution < 1.29 is 42.1 Å². The third kappa shape index (κ3) is 7.77. The Balaban J connectivity index is 2.27. The molecule has 1 aliphatic rings. The highest BCUT2D eigenvalue weighted by molar-refractivity contribution is 6.09. The molecular formula is C22H29F3N4O6. The van der Waals surface area contributed by atoms with Crippen molar-refractivity contribution in [3.8, 4) is 0 Å². The Hall–Kier alpha value is -3.48. The van der Waals surface area contributed by atoms with E-state index in [9.17, 15) is 32.7 Å². The van der Waals surface area contributed by atoms with Crippen molar-refractivity contribution in [3.05, 3.63) is 35.0 Å². The van der Waals surface area contributed by atoms with E-state index in [1.165, 1.54) is 11.0 Å². The summed E-state index contributed by atoms with van der Waals surface area (Å²) < 4.78 is 49.8. The molecule has 194 valence electrons. The van der Waals surface area contributed by atoms with Crippen LogP contribution in [0.1, 0.15) is 26.3 Å². The first kappa shape index (κ1) is 27.8. The fourth-order valence-corrected chi connectivity index (χ4v) is 3.14. The van der Waals surface area contributed by atoms with Crippen LogP contribution in [0.2, 0.25) is 0 Å². The largest absolute Gasteiger partial charge is 0.466 e. The monoisotopic (exact) mass is 502 g/mol. The van der Waals surface area contributed by atoms with Gasteiger partial charge >= 0.3 is 18.2 Å². The van der Waals surface area contributed by atoms with Gasteiger partial charge in [-0.05, 0) is 39.0 Å². The van der Waals surface area contributed by atoms with Crippen molar-refractivity contribution in [1.82, 2.24) is 10.2 Å². The minimum Gasteiger partial charge on any atom is -0.466 e. The number of carbonyl (C=O) groups is 3. The number of carbonyl (C=O) groups excluding carboxylic acids is 3.